The first-order valence-electron chi connectivity index (χ1n) is 11.4. The first-order valence-corrected chi connectivity index (χ1v) is 11.4. The van der Waals surface area contributed by atoms with E-state index < -0.39 is 5.72 Å². The van der Waals surface area contributed by atoms with E-state index in [-0.39, 0.29) is 0 Å². The molecule has 0 aromatic heterocycles. The van der Waals surface area contributed by atoms with Crippen LogP contribution in [-0.4, -0.2) is 38.3 Å². The molecule has 2 aromatic carbocycles. The topological polar surface area (TPSA) is 18.5 Å². The van der Waals surface area contributed by atoms with Gasteiger partial charge < -0.3 is 9.47 Å². The van der Waals surface area contributed by atoms with E-state index in [1.807, 2.05) is 6.07 Å². The lowest BCUT2D eigenvalue weighted by Gasteiger charge is -2.49. The van der Waals surface area contributed by atoms with Gasteiger partial charge in [-0.1, -0.05) is 64.1 Å². The van der Waals surface area contributed by atoms with Crippen LogP contribution >= 0.6 is 0 Å². The first kappa shape index (κ1) is 24.4. The molecule has 3 nitrogen and oxygen atoms in total. The second kappa shape index (κ2) is 11.0. The highest BCUT2D eigenvalue weighted by Gasteiger charge is 2.51. The second-order valence-electron chi connectivity index (χ2n) is 9.66. The molecule has 166 valence electrons. The molecule has 0 saturated heterocycles. The van der Waals surface area contributed by atoms with Gasteiger partial charge in [-0.3, -0.25) is 4.48 Å². The molecule has 0 N–H and O–H groups in total. The van der Waals surface area contributed by atoms with Gasteiger partial charge in [-0.25, -0.2) is 0 Å². The Hall–Kier alpha value is -1.84. The van der Waals surface area contributed by atoms with Gasteiger partial charge in [0.05, 0.1) is 26.3 Å². The van der Waals surface area contributed by atoms with Crippen molar-refractivity contribution < 1.29 is 14.0 Å². The smallest absolute Gasteiger partial charge is 0.270 e. The lowest BCUT2D eigenvalue weighted by Crippen LogP contribution is -2.62. The van der Waals surface area contributed by atoms with Crippen molar-refractivity contribution in [3.8, 4) is 5.75 Å². The predicted octanol–water partition coefficient (Wildman–Crippen LogP) is 6.28. The van der Waals surface area contributed by atoms with Gasteiger partial charge in [0.1, 0.15) is 12.3 Å². The molecule has 0 heterocycles. The Balaban J connectivity index is 2.67. The molecule has 2 aromatic rings. The third-order valence-corrected chi connectivity index (χ3v) is 5.76. The van der Waals surface area contributed by atoms with Crippen molar-refractivity contribution in [1.29, 1.82) is 0 Å². The van der Waals surface area contributed by atoms with Crippen molar-refractivity contribution in [2.24, 2.45) is 11.8 Å². The number of para-hydroxylation sites is 1. The average Bonchev–Trinajstić information content (AvgIpc) is 2.68. The van der Waals surface area contributed by atoms with Crippen molar-refractivity contribution in [3.05, 3.63) is 65.7 Å². The highest BCUT2D eigenvalue weighted by Crippen LogP contribution is 2.42. The van der Waals surface area contributed by atoms with Crippen LogP contribution in [0.4, 0.5) is 0 Å². The highest BCUT2D eigenvalue weighted by molar-refractivity contribution is 5.34. The van der Waals surface area contributed by atoms with Gasteiger partial charge in [0.25, 0.3) is 5.72 Å². The number of likely N-dealkylation sites (N-methyl/N-ethyl adjacent to an activating group) is 1. The number of ether oxygens (including phenoxy) is 2. The van der Waals surface area contributed by atoms with Crippen LogP contribution in [0.2, 0.25) is 0 Å². The molecule has 0 bridgehead atoms. The van der Waals surface area contributed by atoms with Crippen molar-refractivity contribution in [2.75, 3.05) is 33.9 Å². The number of rotatable bonds is 12. The third-order valence-electron chi connectivity index (χ3n) is 5.76. The summed E-state index contributed by atoms with van der Waals surface area (Å²) in [5.74, 6) is 1.98. The van der Waals surface area contributed by atoms with E-state index in [2.05, 4.69) is 97.2 Å². The maximum absolute atomic E-state index is 7.03. The Kier molecular flexibility index (Phi) is 8.93. The summed E-state index contributed by atoms with van der Waals surface area (Å²) in [4.78, 5) is 0. The lowest BCUT2D eigenvalue weighted by atomic mass is 9.84. The standard InChI is InChI=1S/C27H42NO2/c1-8-29-19-18-28(6,7)27(21-23(4)5,30-25-15-10-9-11-16-25)26-17-13-12-14-24(26)20-22(2)3/h9-17,22-23H,8,18-21H2,1-7H3/q+1. The van der Waals surface area contributed by atoms with Crippen LogP contribution in [0, 0.1) is 11.8 Å². The average molecular weight is 413 g/mol. The van der Waals surface area contributed by atoms with Gasteiger partial charge in [-0.05, 0) is 48.9 Å². The Morgan fingerprint density at radius 2 is 1.50 bits per heavy atom. The Labute approximate surface area is 184 Å². The molecule has 0 aliphatic carbocycles. The molecular formula is C27H42NO2+. The van der Waals surface area contributed by atoms with E-state index >= 15 is 0 Å². The van der Waals surface area contributed by atoms with Crippen molar-refractivity contribution in [1.82, 2.24) is 0 Å². The SMILES string of the molecule is CCOCC[N+](C)(C)C(CC(C)C)(Oc1ccccc1)c1ccccc1CC(C)C. The van der Waals surface area contributed by atoms with Crippen molar-refractivity contribution >= 4 is 0 Å². The fourth-order valence-corrected chi connectivity index (χ4v) is 4.28. The minimum atomic E-state index is -0.502. The molecule has 3 heteroatoms. The van der Waals surface area contributed by atoms with Gasteiger partial charge in [-0.15, -0.1) is 0 Å². The molecule has 0 amide bonds. The largest absolute Gasteiger partial charge is 0.436 e. The zero-order valence-corrected chi connectivity index (χ0v) is 20.2. The fourth-order valence-electron chi connectivity index (χ4n) is 4.28. The third kappa shape index (κ3) is 6.09. The molecule has 0 radical (unpaired) electrons. The molecule has 0 spiro atoms. The molecule has 1 unspecified atom stereocenters. The van der Waals surface area contributed by atoms with E-state index in [0.29, 0.717) is 22.9 Å². The number of benzene rings is 2. The van der Waals surface area contributed by atoms with Crippen LogP contribution in [0.25, 0.3) is 0 Å². The summed E-state index contributed by atoms with van der Waals surface area (Å²) in [6.45, 7) is 13.5. The molecule has 0 aliphatic rings. The Morgan fingerprint density at radius 1 is 0.867 bits per heavy atom. The summed E-state index contributed by atoms with van der Waals surface area (Å²) in [6, 6.07) is 19.2. The van der Waals surface area contributed by atoms with Gasteiger partial charge in [0.15, 0.2) is 0 Å². The zero-order chi connectivity index (χ0) is 22.2. The van der Waals surface area contributed by atoms with Crippen LogP contribution in [0.5, 0.6) is 5.75 Å². The molecule has 0 saturated carbocycles. The van der Waals surface area contributed by atoms with Crippen LogP contribution in [0.3, 0.4) is 0 Å². The molecule has 0 aliphatic heterocycles. The van der Waals surface area contributed by atoms with Gasteiger partial charge >= 0.3 is 0 Å². The number of nitrogens with zero attached hydrogens (tertiary/aromatic N) is 1. The van der Waals surface area contributed by atoms with Crippen LogP contribution in [0.15, 0.2) is 54.6 Å². The highest BCUT2D eigenvalue weighted by atomic mass is 16.5. The van der Waals surface area contributed by atoms with E-state index in [0.717, 1.165) is 31.7 Å². The molecule has 2 rings (SSSR count). The summed E-state index contributed by atoms with van der Waals surface area (Å²) in [5.41, 5.74) is 2.18. The summed E-state index contributed by atoms with van der Waals surface area (Å²) in [6.07, 6.45) is 1.97. The summed E-state index contributed by atoms with van der Waals surface area (Å²) >= 11 is 0. The van der Waals surface area contributed by atoms with Crippen LogP contribution < -0.4 is 4.74 Å². The summed E-state index contributed by atoms with van der Waals surface area (Å²) in [7, 11) is 4.58. The quantitative estimate of drug-likeness (QED) is 0.232. The summed E-state index contributed by atoms with van der Waals surface area (Å²) in [5, 5.41) is 0. The van der Waals surface area contributed by atoms with Crippen LogP contribution in [0.1, 0.15) is 52.2 Å². The fraction of sp³-hybridized carbons (Fsp3) is 0.556. The monoisotopic (exact) mass is 412 g/mol. The second-order valence-corrected chi connectivity index (χ2v) is 9.66. The Bertz CT molecular complexity index is 754. The number of hydrogen-bond acceptors (Lipinski definition) is 2. The number of hydrogen-bond donors (Lipinski definition) is 0. The van der Waals surface area contributed by atoms with Gasteiger partial charge in [0.2, 0.25) is 0 Å². The van der Waals surface area contributed by atoms with E-state index in [9.17, 15) is 0 Å². The first-order chi connectivity index (χ1) is 14.2. The molecule has 30 heavy (non-hydrogen) atoms. The van der Waals surface area contributed by atoms with Crippen molar-refractivity contribution in [2.45, 2.75) is 53.2 Å². The lowest BCUT2D eigenvalue weighted by molar-refractivity contribution is -0.973. The molecular weight excluding hydrogens is 370 g/mol. The summed E-state index contributed by atoms with van der Waals surface area (Å²) < 4.78 is 13.5. The minimum absolute atomic E-state index is 0.477. The minimum Gasteiger partial charge on any atom is -0.436 e. The van der Waals surface area contributed by atoms with Gasteiger partial charge in [0, 0.05) is 13.0 Å². The normalized spacial score (nSPS) is 14.2. The number of quaternary nitrogens is 1. The van der Waals surface area contributed by atoms with E-state index in [4.69, 9.17) is 9.47 Å². The van der Waals surface area contributed by atoms with Crippen molar-refractivity contribution in [3.63, 3.8) is 0 Å². The maximum Gasteiger partial charge on any atom is 0.270 e. The molecule has 1 atom stereocenters. The van der Waals surface area contributed by atoms with Gasteiger partial charge in [-0.2, -0.15) is 0 Å². The van der Waals surface area contributed by atoms with E-state index in [1.165, 1.54) is 11.1 Å². The Morgan fingerprint density at radius 3 is 2.10 bits per heavy atom. The maximum atomic E-state index is 7.03. The van der Waals surface area contributed by atoms with E-state index in [1.54, 1.807) is 0 Å². The van der Waals surface area contributed by atoms with Crippen LogP contribution in [-0.2, 0) is 16.9 Å². The molecule has 0 fully saturated rings. The predicted molar refractivity (Wildman–Crippen MR) is 127 cm³/mol. The zero-order valence-electron chi connectivity index (χ0n) is 20.2.